The van der Waals surface area contributed by atoms with Crippen molar-refractivity contribution >= 4 is 8.32 Å². The number of benzene rings is 1. The highest BCUT2D eigenvalue weighted by Crippen LogP contribution is 2.40. The third kappa shape index (κ3) is 3.87. The van der Waals surface area contributed by atoms with Crippen molar-refractivity contribution in [3.63, 3.8) is 0 Å². The first-order valence-electron chi connectivity index (χ1n) is 6.68. The van der Waals surface area contributed by atoms with Crippen LogP contribution in [0.4, 0.5) is 0 Å². The first kappa shape index (κ1) is 15.8. The maximum Gasteiger partial charge on any atom is 0.250 e. The molecule has 1 aromatic carbocycles. The monoisotopic (exact) mass is 278 g/mol. The molecule has 106 valence electrons. The van der Waals surface area contributed by atoms with E-state index in [0.29, 0.717) is 0 Å². The van der Waals surface area contributed by atoms with Gasteiger partial charge in [-0.3, -0.25) is 0 Å². The fourth-order valence-electron chi connectivity index (χ4n) is 1.52. The van der Waals surface area contributed by atoms with E-state index in [9.17, 15) is 0 Å². The second kappa shape index (κ2) is 5.82. The first-order valence-corrected chi connectivity index (χ1v) is 9.59. The maximum absolute atomic E-state index is 6.31. The fraction of sp³-hybridized carbons (Fsp3) is 0.500. The van der Waals surface area contributed by atoms with Gasteiger partial charge < -0.3 is 9.16 Å². The number of hydrogen-bond donors (Lipinski definition) is 0. The van der Waals surface area contributed by atoms with E-state index in [4.69, 9.17) is 9.16 Å². The van der Waals surface area contributed by atoms with Gasteiger partial charge in [0.2, 0.25) is 0 Å². The molecule has 3 heteroatoms. The SMILES string of the molecule is C=CCc1ccc(O[Si](C)(C)C(C)(C)C)c(OC)c1. The Kier molecular flexibility index (Phi) is 4.85. The lowest BCUT2D eigenvalue weighted by molar-refractivity contribution is 0.385. The number of methoxy groups -OCH3 is 1. The van der Waals surface area contributed by atoms with E-state index < -0.39 is 8.32 Å². The van der Waals surface area contributed by atoms with Crippen molar-refractivity contribution < 1.29 is 9.16 Å². The topological polar surface area (TPSA) is 18.5 Å². The summed E-state index contributed by atoms with van der Waals surface area (Å²) < 4.78 is 11.8. The molecule has 0 saturated heterocycles. The van der Waals surface area contributed by atoms with E-state index in [1.165, 1.54) is 5.56 Å². The minimum Gasteiger partial charge on any atom is -0.541 e. The summed E-state index contributed by atoms with van der Waals surface area (Å²) in [6.45, 7) is 14.9. The summed E-state index contributed by atoms with van der Waals surface area (Å²) in [4.78, 5) is 0. The van der Waals surface area contributed by atoms with E-state index in [1.807, 2.05) is 18.2 Å². The van der Waals surface area contributed by atoms with Crippen molar-refractivity contribution in [2.45, 2.75) is 45.3 Å². The molecular formula is C16H26O2Si. The molecule has 0 amide bonds. The smallest absolute Gasteiger partial charge is 0.250 e. The highest BCUT2D eigenvalue weighted by molar-refractivity contribution is 6.74. The summed E-state index contributed by atoms with van der Waals surface area (Å²) in [5.74, 6) is 1.66. The van der Waals surface area contributed by atoms with E-state index in [1.54, 1.807) is 7.11 Å². The average Bonchev–Trinajstić information content (AvgIpc) is 2.29. The summed E-state index contributed by atoms with van der Waals surface area (Å²) in [6, 6.07) is 6.12. The summed E-state index contributed by atoms with van der Waals surface area (Å²) in [6.07, 6.45) is 2.74. The van der Waals surface area contributed by atoms with Gasteiger partial charge in [0.05, 0.1) is 7.11 Å². The predicted octanol–water partition coefficient (Wildman–Crippen LogP) is 4.81. The third-order valence-corrected chi connectivity index (χ3v) is 8.12. The van der Waals surface area contributed by atoms with Crippen LogP contribution in [0.1, 0.15) is 26.3 Å². The van der Waals surface area contributed by atoms with Gasteiger partial charge in [-0.05, 0) is 42.2 Å². The third-order valence-electron chi connectivity index (χ3n) is 3.78. The number of rotatable bonds is 5. The van der Waals surface area contributed by atoms with E-state index >= 15 is 0 Å². The van der Waals surface area contributed by atoms with Crippen molar-refractivity contribution in [1.82, 2.24) is 0 Å². The van der Waals surface area contributed by atoms with Crippen LogP contribution in [0, 0.1) is 0 Å². The van der Waals surface area contributed by atoms with Crippen molar-refractivity contribution in [3.05, 3.63) is 36.4 Å². The van der Waals surface area contributed by atoms with Gasteiger partial charge in [0.25, 0.3) is 8.32 Å². The Hall–Kier alpha value is -1.22. The molecule has 0 atom stereocenters. The Bertz CT molecular complexity index is 445. The van der Waals surface area contributed by atoms with Gasteiger partial charge in [0.15, 0.2) is 5.75 Å². The lowest BCUT2D eigenvalue weighted by Crippen LogP contribution is -2.43. The van der Waals surface area contributed by atoms with Crippen LogP contribution in [0.2, 0.25) is 18.1 Å². The van der Waals surface area contributed by atoms with E-state index in [-0.39, 0.29) is 5.04 Å². The Labute approximate surface area is 118 Å². The van der Waals surface area contributed by atoms with Crippen LogP contribution in [0.25, 0.3) is 0 Å². The van der Waals surface area contributed by atoms with Crippen LogP contribution in [0.3, 0.4) is 0 Å². The Morgan fingerprint density at radius 1 is 1.21 bits per heavy atom. The van der Waals surface area contributed by atoms with Gasteiger partial charge in [-0.1, -0.05) is 32.9 Å². The zero-order valence-corrected chi connectivity index (χ0v) is 14.0. The van der Waals surface area contributed by atoms with Gasteiger partial charge in [0.1, 0.15) is 5.75 Å². The molecule has 1 aromatic rings. The van der Waals surface area contributed by atoms with Crippen LogP contribution in [0.15, 0.2) is 30.9 Å². The summed E-state index contributed by atoms with van der Waals surface area (Å²) >= 11 is 0. The molecular weight excluding hydrogens is 252 g/mol. The quantitative estimate of drug-likeness (QED) is 0.568. The van der Waals surface area contributed by atoms with Crippen LogP contribution >= 0.6 is 0 Å². The van der Waals surface area contributed by atoms with Gasteiger partial charge >= 0.3 is 0 Å². The molecule has 0 N–H and O–H groups in total. The lowest BCUT2D eigenvalue weighted by Gasteiger charge is -2.36. The molecule has 19 heavy (non-hydrogen) atoms. The second-order valence-electron chi connectivity index (χ2n) is 6.34. The van der Waals surface area contributed by atoms with Crippen molar-refractivity contribution in [3.8, 4) is 11.5 Å². The van der Waals surface area contributed by atoms with E-state index in [2.05, 4.69) is 46.5 Å². The molecule has 0 aromatic heterocycles. The fourth-order valence-corrected chi connectivity index (χ4v) is 2.54. The van der Waals surface area contributed by atoms with Crippen molar-refractivity contribution in [2.75, 3.05) is 7.11 Å². The minimum absolute atomic E-state index is 0.178. The normalized spacial score (nSPS) is 12.1. The summed E-state index contributed by atoms with van der Waals surface area (Å²) in [7, 11) is -0.143. The van der Waals surface area contributed by atoms with Crippen LogP contribution in [0.5, 0.6) is 11.5 Å². The van der Waals surface area contributed by atoms with Gasteiger partial charge in [-0.2, -0.15) is 0 Å². The van der Waals surface area contributed by atoms with Crippen molar-refractivity contribution in [2.24, 2.45) is 0 Å². The average molecular weight is 278 g/mol. The molecule has 2 nitrogen and oxygen atoms in total. The Morgan fingerprint density at radius 3 is 2.32 bits per heavy atom. The molecule has 0 aliphatic carbocycles. The summed E-state index contributed by atoms with van der Waals surface area (Å²) in [5.41, 5.74) is 1.19. The number of ether oxygens (including phenoxy) is 1. The maximum atomic E-state index is 6.31. The Morgan fingerprint density at radius 2 is 1.84 bits per heavy atom. The predicted molar refractivity (Wildman–Crippen MR) is 84.7 cm³/mol. The van der Waals surface area contributed by atoms with Gasteiger partial charge in [-0.15, -0.1) is 6.58 Å². The number of allylic oxidation sites excluding steroid dienone is 1. The molecule has 0 unspecified atom stereocenters. The molecule has 0 radical (unpaired) electrons. The molecule has 0 aliphatic heterocycles. The largest absolute Gasteiger partial charge is 0.541 e. The van der Waals surface area contributed by atoms with Gasteiger partial charge in [-0.25, -0.2) is 0 Å². The van der Waals surface area contributed by atoms with Crippen LogP contribution in [-0.2, 0) is 6.42 Å². The minimum atomic E-state index is -1.83. The highest BCUT2D eigenvalue weighted by atomic mass is 28.4. The second-order valence-corrected chi connectivity index (χ2v) is 11.1. The molecule has 0 spiro atoms. The van der Waals surface area contributed by atoms with Crippen LogP contribution < -0.4 is 9.16 Å². The first-order chi connectivity index (χ1) is 8.71. The zero-order valence-electron chi connectivity index (χ0n) is 13.0. The highest BCUT2D eigenvalue weighted by Gasteiger charge is 2.39. The number of hydrogen-bond acceptors (Lipinski definition) is 2. The molecule has 0 fully saturated rings. The zero-order chi connectivity index (χ0) is 14.7. The van der Waals surface area contributed by atoms with Crippen LogP contribution in [-0.4, -0.2) is 15.4 Å². The molecule has 0 heterocycles. The lowest BCUT2D eigenvalue weighted by atomic mass is 10.1. The van der Waals surface area contributed by atoms with Gasteiger partial charge in [0, 0.05) is 0 Å². The standard InChI is InChI=1S/C16H26O2Si/c1-8-9-13-10-11-14(15(12-13)17-5)18-19(6,7)16(2,3)4/h8,10-12H,1,9H2,2-7H3. The molecule has 0 saturated carbocycles. The van der Waals surface area contributed by atoms with Crippen molar-refractivity contribution in [1.29, 1.82) is 0 Å². The van der Waals surface area contributed by atoms with E-state index in [0.717, 1.165) is 17.9 Å². The molecule has 0 aliphatic rings. The summed E-state index contributed by atoms with van der Waals surface area (Å²) in [5, 5.41) is 0.178. The molecule has 1 rings (SSSR count). The molecule has 0 bridgehead atoms. The Balaban J connectivity index is 3.05.